The molecule has 1 N–H and O–H groups in total. The molecule has 9 heteroatoms. The van der Waals surface area contributed by atoms with Gasteiger partial charge in [0, 0.05) is 13.0 Å². The molecule has 0 saturated heterocycles. The molecule has 2 heterocycles. The van der Waals surface area contributed by atoms with E-state index in [9.17, 15) is 8.42 Å². The van der Waals surface area contributed by atoms with Gasteiger partial charge in [0.1, 0.15) is 23.9 Å². The maximum atomic E-state index is 12.7. The summed E-state index contributed by atoms with van der Waals surface area (Å²) in [5, 5.41) is 8.02. The maximum Gasteiger partial charge on any atom is 0.268 e. The van der Waals surface area contributed by atoms with Crippen molar-refractivity contribution in [3.63, 3.8) is 0 Å². The highest BCUT2D eigenvalue weighted by atomic mass is 32.2. The van der Waals surface area contributed by atoms with E-state index in [2.05, 4.69) is 14.9 Å². The molecule has 1 aromatic carbocycles. The van der Waals surface area contributed by atoms with Crippen LogP contribution in [0, 0.1) is 0 Å². The molecule has 0 radical (unpaired) electrons. The van der Waals surface area contributed by atoms with Crippen molar-refractivity contribution in [2.45, 2.75) is 23.7 Å². The summed E-state index contributed by atoms with van der Waals surface area (Å²) in [6.45, 7) is 0.716. The van der Waals surface area contributed by atoms with E-state index in [1.807, 2.05) is 0 Å². The van der Waals surface area contributed by atoms with Crippen molar-refractivity contribution in [2.75, 3.05) is 17.9 Å². The van der Waals surface area contributed by atoms with Crippen LogP contribution in [0.2, 0.25) is 0 Å². The number of aromatic nitrogens is 3. The second-order valence-electron chi connectivity index (χ2n) is 5.60. The lowest BCUT2D eigenvalue weighted by atomic mass is 10.3. The SMILES string of the molecule is Cn1c(NS(=O)(=O)c2cccc3c2OCCO3)nnc1C1CC1. The number of para-hydroxylation sites is 1. The number of ether oxygens (including phenoxy) is 2. The second-order valence-corrected chi connectivity index (χ2v) is 7.25. The highest BCUT2D eigenvalue weighted by Crippen LogP contribution is 2.40. The van der Waals surface area contributed by atoms with Crippen molar-refractivity contribution < 1.29 is 17.9 Å². The average Bonchev–Trinajstić information content (AvgIpc) is 3.32. The summed E-state index contributed by atoms with van der Waals surface area (Å²) in [6.07, 6.45) is 2.13. The van der Waals surface area contributed by atoms with Gasteiger partial charge in [0.05, 0.1) is 0 Å². The van der Waals surface area contributed by atoms with Gasteiger partial charge in [-0.2, -0.15) is 0 Å². The Balaban J connectivity index is 1.68. The van der Waals surface area contributed by atoms with Crippen LogP contribution in [0.3, 0.4) is 0 Å². The largest absolute Gasteiger partial charge is 0.486 e. The van der Waals surface area contributed by atoms with Crippen LogP contribution >= 0.6 is 0 Å². The van der Waals surface area contributed by atoms with E-state index in [4.69, 9.17) is 9.47 Å². The Morgan fingerprint density at radius 2 is 2.00 bits per heavy atom. The summed E-state index contributed by atoms with van der Waals surface area (Å²) in [5.74, 6) is 2.04. The molecule has 0 spiro atoms. The quantitative estimate of drug-likeness (QED) is 0.903. The number of rotatable bonds is 4. The second kappa shape index (κ2) is 5.12. The van der Waals surface area contributed by atoms with Crippen molar-refractivity contribution in [1.82, 2.24) is 14.8 Å². The third-order valence-corrected chi connectivity index (χ3v) is 5.25. The summed E-state index contributed by atoms with van der Waals surface area (Å²) in [5.41, 5.74) is 0. The standard InChI is InChI=1S/C14H16N4O4S/c1-18-13(9-5-6-9)15-16-14(18)17-23(19,20)11-4-2-3-10-12(11)22-8-7-21-10/h2-4,9H,5-8H2,1H3,(H,16,17). The molecule has 122 valence electrons. The molecule has 0 bridgehead atoms. The maximum absolute atomic E-state index is 12.7. The van der Waals surface area contributed by atoms with Crippen molar-refractivity contribution in [3.8, 4) is 11.5 Å². The molecule has 1 aliphatic heterocycles. The molecule has 1 saturated carbocycles. The molecular formula is C14H16N4O4S. The number of hydrogen-bond acceptors (Lipinski definition) is 6. The number of nitrogens with one attached hydrogen (secondary N) is 1. The van der Waals surface area contributed by atoms with Crippen molar-refractivity contribution in [2.24, 2.45) is 7.05 Å². The number of nitrogens with zero attached hydrogens (tertiary/aromatic N) is 3. The van der Waals surface area contributed by atoms with Crippen LogP contribution in [0.25, 0.3) is 0 Å². The van der Waals surface area contributed by atoms with Crippen molar-refractivity contribution in [3.05, 3.63) is 24.0 Å². The van der Waals surface area contributed by atoms with E-state index in [1.54, 1.807) is 23.7 Å². The zero-order valence-corrected chi connectivity index (χ0v) is 13.3. The first kappa shape index (κ1) is 14.3. The van der Waals surface area contributed by atoms with Crippen LogP contribution in [0.4, 0.5) is 5.95 Å². The van der Waals surface area contributed by atoms with Crippen LogP contribution in [-0.4, -0.2) is 36.4 Å². The first-order valence-corrected chi connectivity index (χ1v) is 8.85. The Hall–Kier alpha value is -2.29. The molecule has 2 aliphatic rings. The fourth-order valence-electron chi connectivity index (χ4n) is 2.56. The topological polar surface area (TPSA) is 95.3 Å². The lowest BCUT2D eigenvalue weighted by Crippen LogP contribution is -2.21. The molecule has 0 amide bonds. The first-order chi connectivity index (χ1) is 11.1. The number of fused-ring (bicyclic) bond motifs is 1. The van der Waals surface area contributed by atoms with Gasteiger partial charge in [-0.3, -0.25) is 4.57 Å². The Kier molecular flexibility index (Phi) is 3.19. The molecule has 0 unspecified atom stereocenters. The van der Waals surface area contributed by atoms with E-state index in [1.165, 1.54) is 6.07 Å². The van der Waals surface area contributed by atoms with E-state index in [-0.39, 0.29) is 16.6 Å². The van der Waals surface area contributed by atoms with Gasteiger partial charge in [-0.15, -0.1) is 10.2 Å². The van der Waals surface area contributed by atoms with Gasteiger partial charge in [0.15, 0.2) is 11.5 Å². The number of anilines is 1. The fourth-order valence-corrected chi connectivity index (χ4v) is 3.75. The minimum atomic E-state index is -3.85. The van der Waals surface area contributed by atoms with Crippen LogP contribution in [0.1, 0.15) is 24.6 Å². The average molecular weight is 336 g/mol. The van der Waals surface area contributed by atoms with Crippen LogP contribution in [0.5, 0.6) is 11.5 Å². The van der Waals surface area contributed by atoms with Crippen molar-refractivity contribution >= 4 is 16.0 Å². The predicted molar refractivity (Wildman–Crippen MR) is 81.2 cm³/mol. The molecule has 1 aromatic heterocycles. The van der Waals surface area contributed by atoms with E-state index in [0.717, 1.165) is 18.7 Å². The van der Waals surface area contributed by atoms with Crippen LogP contribution in [0.15, 0.2) is 23.1 Å². The fraction of sp³-hybridized carbons (Fsp3) is 0.429. The van der Waals surface area contributed by atoms with Crippen LogP contribution in [-0.2, 0) is 17.1 Å². The molecular weight excluding hydrogens is 320 g/mol. The molecule has 2 aromatic rings. The monoisotopic (exact) mass is 336 g/mol. The Labute approximate surface area is 133 Å². The van der Waals surface area contributed by atoms with Gasteiger partial charge in [-0.25, -0.2) is 13.1 Å². The number of sulfonamides is 1. The summed E-state index contributed by atoms with van der Waals surface area (Å²) in [4.78, 5) is 0.0330. The highest BCUT2D eigenvalue weighted by Gasteiger charge is 2.31. The van der Waals surface area contributed by atoms with Gasteiger partial charge in [0.25, 0.3) is 10.0 Å². The Morgan fingerprint density at radius 3 is 2.78 bits per heavy atom. The van der Waals surface area contributed by atoms with E-state index < -0.39 is 10.0 Å². The lowest BCUT2D eigenvalue weighted by Gasteiger charge is -2.20. The van der Waals surface area contributed by atoms with Crippen LogP contribution < -0.4 is 14.2 Å². The van der Waals surface area contributed by atoms with E-state index in [0.29, 0.717) is 24.9 Å². The van der Waals surface area contributed by atoms with Gasteiger partial charge in [-0.05, 0) is 25.0 Å². The van der Waals surface area contributed by atoms with Gasteiger partial charge in [0.2, 0.25) is 5.95 Å². The smallest absolute Gasteiger partial charge is 0.268 e. The molecule has 4 rings (SSSR count). The lowest BCUT2D eigenvalue weighted by molar-refractivity contribution is 0.167. The third-order valence-electron chi connectivity index (χ3n) is 3.90. The minimum absolute atomic E-state index is 0.0330. The molecule has 1 fully saturated rings. The zero-order valence-electron chi connectivity index (χ0n) is 12.5. The van der Waals surface area contributed by atoms with Gasteiger partial charge >= 0.3 is 0 Å². The molecule has 8 nitrogen and oxygen atoms in total. The predicted octanol–water partition coefficient (Wildman–Crippen LogP) is 1.26. The first-order valence-electron chi connectivity index (χ1n) is 7.37. The Bertz CT molecular complexity index is 858. The summed E-state index contributed by atoms with van der Waals surface area (Å²) in [7, 11) is -2.09. The summed E-state index contributed by atoms with van der Waals surface area (Å²) >= 11 is 0. The van der Waals surface area contributed by atoms with Crippen molar-refractivity contribution in [1.29, 1.82) is 0 Å². The van der Waals surface area contributed by atoms with Gasteiger partial charge in [-0.1, -0.05) is 6.07 Å². The third kappa shape index (κ3) is 2.50. The number of hydrogen-bond donors (Lipinski definition) is 1. The number of benzene rings is 1. The normalized spacial score (nSPS) is 17.1. The zero-order chi connectivity index (χ0) is 16.0. The minimum Gasteiger partial charge on any atom is -0.486 e. The summed E-state index contributed by atoms with van der Waals surface area (Å²) in [6, 6.07) is 4.78. The summed E-state index contributed by atoms with van der Waals surface area (Å²) < 4.78 is 40.5. The highest BCUT2D eigenvalue weighted by molar-refractivity contribution is 7.92. The Morgan fingerprint density at radius 1 is 1.22 bits per heavy atom. The molecule has 23 heavy (non-hydrogen) atoms. The molecule has 0 atom stereocenters. The van der Waals surface area contributed by atoms with Gasteiger partial charge < -0.3 is 9.47 Å². The van der Waals surface area contributed by atoms with E-state index >= 15 is 0 Å². The molecule has 1 aliphatic carbocycles.